The Morgan fingerprint density at radius 3 is 1.63 bits per heavy atom. The number of benzene rings is 3. The number of aromatic hydroxyl groups is 1. The van der Waals surface area contributed by atoms with Crippen molar-refractivity contribution in [2.24, 2.45) is 0 Å². The molecule has 0 fully saturated rings. The first kappa shape index (κ1) is 32.2. The monoisotopic (exact) mass is 666 g/mol. The molecule has 12 nitrogen and oxygen atoms in total. The van der Waals surface area contributed by atoms with E-state index in [1.165, 1.54) is 55.0 Å². The summed E-state index contributed by atoms with van der Waals surface area (Å²) in [4.78, 5) is 53.2. The first-order valence-electron chi connectivity index (χ1n) is 13.7. The molecule has 46 heavy (non-hydrogen) atoms. The number of carbonyl (C=O) groups excluding carboxylic acids is 2. The van der Waals surface area contributed by atoms with E-state index < -0.39 is 29.0 Å². The van der Waals surface area contributed by atoms with E-state index in [-0.39, 0.29) is 60.7 Å². The van der Waals surface area contributed by atoms with Gasteiger partial charge in [0.15, 0.2) is 11.5 Å². The quantitative estimate of drug-likeness (QED) is 0.195. The second-order valence-electron chi connectivity index (χ2n) is 10.2. The molecule has 3 N–H and O–H groups in total. The van der Waals surface area contributed by atoms with Gasteiger partial charge in [0, 0.05) is 17.0 Å². The Morgan fingerprint density at radius 1 is 0.761 bits per heavy atom. The lowest BCUT2D eigenvalue weighted by Crippen LogP contribution is -2.25. The molecule has 0 amide bonds. The van der Waals surface area contributed by atoms with Crippen LogP contribution in [0.25, 0.3) is 11.4 Å². The fourth-order valence-electron chi connectivity index (χ4n) is 5.39. The second kappa shape index (κ2) is 12.7. The highest BCUT2D eigenvalue weighted by atomic mass is 35.5. The van der Waals surface area contributed by atoms with Crippen molar-refractivity contribution in [3.63, 3.8) is 0 Å². The number of rotatable bonds is 8. The summed E-state index contributed by atoms with van der Waals surface area (Å²) in [6.45, 7) is 3.30. The summed E-state index contributed by atoms with van der Waals surface area (Å²) in [5.41, 5.74) is 0.751. The Hall–Kier alpha value is -5.20. The first-order chi connectivity index (χ1) is 21.9. The smallest absolute Gasteiger partial charge is 0.339 e. The first-order valence-corrected chi connectivity index (χ1v) is 14.4. The van der Waals surface area contributed by atoms with Crippen LogP contribution in [0.1, 0.15) is 54.7 Å². The largest absolute Gasteiger partial charge is 0.504 e. The van der Waals surface area contributed by atoms with E-state index in [0.29, 0.717) is 11.4 Å². The number of aromatic amines is 2. The van der Waals surface area contributed by atoms with Gasteiger partial charge in [-0.2, -0.15) is 0 Å². The van der Waals surface area contributed by atoms with Crippen molar-refractivity contribution < 1.29 is 28.9 Å². The Bertz CT molecular complexity index is 2000. The average Bonchev–Trinajstić information content (AvgIpc) is 3.51. The molecular weight excluding hydrogens is 639 g/mol. The molecule has 0 atom stereocenters. The number of ether oxygens (including phenoxy) is 3. The number of aromatic nitrogens is 4. The molecule has 14 heteroatoms. The summed E-state index contributed by atoms with van der Waals surface area (Å²) < 4.78 is 17.4. The molecular formula is C32H28Cl2N4O8. The highest BCUT2D eigenvalue weighted by Gasteiger charge is 2.33. The van der Waals surface area contributed by atoms with Crippen molar-refractivity contribution in [3.05, 3.63) is 125 Å². The van der Waals surface area contributed by atoms with Crippen molar-refractivity contribution in [2.75, 3.05) is 21.3 Å². The van der Waals surface area contributed by atoms with Gasteiger partial charge in [0.25, 0.3) is 11.1 Å². The molecule has 0 aliphatic carbocycles. The lowest BCUT2D eigenvalue weighted by molar-refractivity contribution is 0.0592. The lowest BCUT2D eigenvalue weighted by atomic mass is 9.84. The number of carbonyl (C=O) groups is 2. The van der Waals surface area contributed by atoms with Crippen LogP contribution in [0, 0.1) is 13.8 Å². The molecule has 0 bridgehead atoms. The summed E-state index contributed by atoms with van der Waals surface area (Å²) >= 11 is 12.4. The van der Waals surface area contributed by atoms with Crippen LogP contribution in [0.5, 0.6) is 11.5 Å². The maximum atomic E-state index is 14.3. The molecule has 2 aromatic heterocycles. The van der Waals surface area contributed by atoms with Crippen molar-refractivity contribution in [2.45, 2.75) is 19.8 Å². The van der Waals surface area contributed by atoms with Gasteiger partial charge >= 0.3 is 11.9 Å². The molecule has 2 heterocycles. The Balaban J connectivity index is 1.78. The third kappa shape index (κ3) is 5.46. The average molecular weight is 668 g/mol. The van der Waals surface area contributed by atoms with Gasteiger partial charge in [-0.25, -0.2) is 19.0 Å². The molecule has 5 aromatic rings. The van der Waals surface area contributed by atoms with E-state index in [1.807, 2.05) is 0 Å². The molecule has 3 aromatic carbocycles. The predicted molar refractivity (Wildman–Crippen MR) is 171 cm³/mol. The lowest BCUT2D eigenvalue weighted by Gasteiger charge is -2.18. The minimum atomic E-state index is -1.12. The normalized spacial score (nSPS) is 11.1. The number of methoxy groups -OCH3 is 3. The molecule has 0 saturated carbocycles. The zero-order chi connectivity index (χ0) is 33.4. The number of nitrogens with zero attached hydrogens (tertiary/aromatic N) is 2. The molecule has 0 radical (unpaired) electrons. The van der Waals surface area contributed by atoms with Crippen LogP contribution < -0.4 is 15.9 Å². The zero-order valence-electron chi connectivity index (χ0n) is 25.2. The summed E-state index contributed by atoms with van der Waals surface area (Å²) in [5.74, 6) is -2.64. The third-order valence-corrected chi connectivity index (χ3v) is 8.26. The minimum Gasteiger partial charge on any atom is -0.504 e. The molecule has 0 aliphatic heterocycles. The number of H-pyrrole nitrogens is 2. The summed E-state index contributed by atoms with van der Waals surface area (Å²) in [6.07, 6.45) is 0. The molecule has 0 unspecified atom stereocenters. The van der Waals surface area contributed by atoms with Crippen molar-refractivity contribution in [3.8, 4) is 22.9 Å². The fourth-order valence-corrected chi connectivity index (χ4v) is 5.78. The van der Waals surface area contributed by atoms with E-state index in [1.54, 1.807) is 44.2 Å². The van der Waals surface area contributed by atoms with E-state index in [9.17, 15) is 24.3 Å². The van der Waals surface area contributed by atoms with E-state index in [0.717, 1.165) is 0 Å². The predicted octanol–water partition coefficient (Wildman–Crippen LogP) is 5.04. The minimum absolute atomic E-state index is 0.0445. The number of halogens is 2. The maximum absolute atomic E-state index is 14.3. The third-order valence-electron chi connectivity index (χ3n) is 7.60. The Kier molecular flexibility index (Phi) is 8.86. The molecule has 0 aliphatic rings. The van der Waals surface area contributed by atoms with E-state index >= 15 is 0 Å². The molecule has 238 valence electrons. The summed E-state index contributed by atoms with van der Waals surface area (Å²) in [5, 5.41) is 17.6. The van der Waals surface area contributed by atoms with Gasteiger partial charge < -0.3 is 19.3 Å². The van der Waals surface area contributed by atoms with Crippen molar-refractivity contribution in [1.82, 2.24) is 19.6 Å². The van der Waals surface area contributed by atoms with Gasteiger partial charge in [0.1, 0.15) is 0 Å². The highest BCUT2D eigenvalue weighted by Crippen LogP contribution is 2.41. The number of hydrogen-bond donors (Lipinski definition) is 3. The second-order valence-corrected chi connectivity index (χ2v) is 11.0. The van der Waals surface area contributed by atoms with Gasteiger partial charge in [0.05, 0.1) is 70.9 Å². The zero-order valence-corrected chi connectivity index (χ0v) is 26.7. The summed E-state index contributed by atoms with van der Waals surface area (Å²) in [7, 11) is 3.81. The van der Waals surface area contributed by atoms with Crippen LogP contribution in [0.2, 0.25) is 10.0 Å². The van der Waals surface area contributed by atoms with Crippen LogP contribution >= 0.6 is 23.2 Å². The number of nitrogens with one attached hydrogen (secondary N) is 2. The number of aryl methyl sites for hydroxylation is 2. The fraction of sp³-hybridized carbons (Fsp3) is 0.188. The number of esters is 2. The van der Waals surface area contributed by atoms with Crippen molar-refractivity contribution >= 4 is 35.1 Å². The SMILES string of the molecule is COC(=O)c1cc(-n2[nH]c(C)c(C(c3cccc(OC)c3O)c3c(C)[nH]n(-c4ccc(Cl)c(C(=O)OC)c4)c3=O)c2=O)ccc1Cl. The standard InChI is InChI=1S/C32H28Cl2N4O8/c1-15-25(29(40)37(35-15)17-9-11-22(33)20(13-17)31(42)45-4)27(19-7-6-8-24(44-3)28(19)39)26-16(2)36-38(30(26)41)18-10-12-23(34)21(14-18)32(43)46-5/h6-14,27,35-36,39H,1-5H3. The van der Waals surface area contributed by atoms with Crippen LogP contribution in [0.4, 0.5) is 0 Å². The Morgan fingerprint density at radius 2 is 1.22 bits per heavy atom. The molecule has 5 rings (SSSR count). The topological polar surface area (TPSA) is 158 Å². The maximum Gasteiger partial charge on any atom is 0.339 e. The number of phenolic OH excluding ortho intramolecular Hbond substituents is 1. The van der Waals surface area contributed by atoms with Gasteiger partial charge in [-0.1, -0.05) is 35.3 Å². The molecule has 0 spiro atoms. The van der Waals surface area contributed by atoms with Gasteiger partial charge in [-0.15, -0.1) is 0 Å². The molecule has 0 saturated heterocycles. The van der Waals surface area contributed by atoms with Crippen molar-refractivity contribution in [1.29, 1.82) is 0 Å². The number of hydrogen-bond acceptors (Lipinski definition) is 8. The van der Waals surface area contributed by atoms with Gasteiger partial charge in [0.2, 0.25) is 0 Å². The van der Waals surface area contributed by atoms with Crippen LogP contribution in [-0.2, 0) is 9.47 Å². The van der Waals surface area contributed by atoms with Gasteiger partial charge in [-0.3, -0.25) is 19.8 Å². The van der Waals surface area contributed by atoms with Crippen LogP contribution in [-0.4, -0.2) is 57.9 Å². The van der Waals surface area contributed by atoms with Crippen LogP contribution in [0.15, 0.2) is 64.2 Å². The van der Waals surface area contributed by atoms with E-state index in [4.69, 9.17) is 37.4 Å². The van der Waals surface area contributed by atoms with E-state index in [2.05, 4.69) is 10.2 Å². The number of phenols is 1. The van der Waals surface area contributed by atoms with Crippen LogP contribution in [0.3, 0.4) is 0 Å². The number of para-hydroxylation sites is 1. The van der Waals surface area contributed by atoms with Gasteiger partial charge in [-0.05, 0) is 56.3 Å². The highest BCUT2D eigenvalue weighted by molar-refractivity contribution is 6.34. The summed E-state index contributed by atoms with van der Waals surface area (Å²) in [6, 6.07) is 13.6. The Labute approximate surface area is 271 Å².